The number of carbonyl (C=O) groups is 2. The Kier molecular flexibility index (Phi) is 4.13. The molecule has 21 heavy (non-hydrogen) atoms. The number of aryl methyl sites for hydroxylation is 2. The van der Waals surface area contributed by atoms with Crippen molar-refractivity contribution >= 4 is 24.0 Å². The molecule has 0 radical (unpaired) electrons. The summed E-state index contributed by atoms with van der Waals surface area (Å²) in [5.41, 5.74) is 1.81. The number of carboxylic acid groups (broad SMARTS) is 1. The van der Waals surface area contributed by atoms with Gasteiger partial charge >= 0.3 is 12.0 Å². The first-order valence-electron chi connectivity index (χ1n) is 6.08. The zero-order valence-electron chi connectivity index (χ0n) is 11.5. The van der Waals surface area contributed by atoms with E-state index in [0.29, 0.717) is 17.0 Å². The lowest BCUT2D eigenvalue weighted by Gasteiger charge is -2.04. The van der Waals surface area contributed by atoms with Gasteiger partial charge in [0, 0.05) is 11.6 Å². The maximum atomic E-state index is 12.1. The number of aliphatic carboxylic acids is 1. The maximum Gasteiger partial charge on any atom is 0.328 e. The van der Waals surface area contributed by atoms with Crippen LogP contribution in [0.2, 0.25) is 0 Å². The average molecular weight is 287 g/mol. The predicted molar refractivity (Wildman–Crippen MR) is 74.8 cm³/mol. The largest absolute Gasteiger partial charge is 0.478 e. The summed E-state index contributed by atoms with van der Waals surface area (Å²) in [4.78, 5) is 26.5. The molecule has 2 aromatic rings. The number of nitrogens with one attached hydrogen (secondary N) is 1. The highest BCUT2D eigenvalue weighted by molar-refractivity contribution is 6.03. The van der Waals surface area contributed by atoms with Crippen molar-refractivity contribution in [2.24, 2.45) is 0 Å². The summed E-state index contributed by atoms with van der Waals surface area (Å²) >= 11 is 0. The lowest BCUT2D eigenvalue weighted by Crippen LogP contribution is -2.12. The van der Waals surface area contributed by atoms with Gasteiger partial charge in [0.1, 0.15) is 0 Å². The van der Waals surface area contributed by atoms with E-state index in [2.05, 4.69) is 15.5 Å². The first kappa shape index (κ1) is 14.4. The fourth-order valence-corrected chi connectivity index (χ4v) is 1.72. The highest BCUT2D eigenvalue weighted by atomic mass is 16.5. The van der Waals surface area contributed by atoms with E-state index in [0.717, 1.165) is 11.6 Å². The van der Waals surface area contributed by atoms with Crippen LogP contribution in [0.25, 0.3) is 6.08 Å². The van der Waals surface area contributed by atoms with Crippen molar-refractivity contribution in [3.05, 3.63) is 46.8 Å². The third-order valence-corrected chi connectivity index (χ3v) is 2.53. The van der Waals surface area contributed by atoms with Crippen LogP contribution in [0.15, 0.2) is 28.8 Å². The minimum absolute atomic E-state index is 0.0154. The standard InChI is InChI=1S/C14H13N3O4/c1-8-5-10(3-4-12(18)19)7-11(6-8)13(20)16-14-15-9(2)17-21-14/h3-7H,1-2H3,(H,18,19)(H,15,16,17,20)/b4-3+. The van der Waals surface area contributed by atoms with E-state index >= 15 is 0 Å². The topological polar surface area (TPSA) is 105 Å². The maximum absolute atomic E-state index is 12.1. The number of carboxylic acids is 1. The summed E-state index contributed by atoms with van der Waals surface area (Å²) in [6.07, 6.45) is 2.43. The van der Waals surface area contributed by atoms with Gasteiger partial charge in [0.25, 0.3) is 5.91 Å². The number of amides is 1. The number of anilines is 1. The zero-order valence-corrected chi connectivity index (χ0v) is 11.5. The molecule has 0 bridgehead atoms. The van der Waals surface area contributed by atoms with Crippen LogP contribution in [-0.2, 0) is 4.79 Å². The number of aromatic nitrogens is 2. The van der Waals surface area contributed by atoms with Crippen LogP contribution in [0.1, 0.15) is 27.3 Å². The van der Waals surface area contributed by atoms with Gasteiger partial charge < -0.3 is 9.63 Å². The van der Waals surface area contributed by atoms with Gasteiger partial charge in [-0.15, -0.1) is 0 Å². The monoisotopic (exact) mass is 287 g/mol. The van der Waals surface area contributed by atoms with Crippen molar-refractivity contribution in [2.75, 3.05) is 5.32 Å². The molecule has 0 spiro atoms. The Bertz CT molecular complexity index is 719. The minimum Gasteiger partial charge on any atom is -0.478 e. The predicted octanol–water partition coefficient (Wildman–Crippen LogP) is 2.04. The average Bonchev–Trinajstić information content (AvgIpc) is 2.81. The Morgan fingerprint density at radius 3 is 2.67 bits per heavy atom. The SMILES string of the molecule is Cc1cc(/C=C/C(=O)O)cc(C(=O)Nc2nc(C)no2)c1. The normalized spacial score (nSPS) is 10.8. The molecule has 108 valence electrons. The number of carbonyl (C=O) groups excluding carboxylic acids is 1. The molecule has 7 heteroatoms. The van der Waals surface area contributed by atoms with E-state index in [9.17, 15) is 9.59 Å². The Morgan fingerprint density at radius 2 is 2.05 bits per heavy atom. The van der Waals surface area contributed by atoms with Gasteiger partial charge in [-0.2, -0.15) is 4.98 Å². The van der Waals surface area contributed by atoms with Gasteiger partial charge in [0.05, 0.1) is 0 Å². The smallest absolute Gasteiger partial charge is 0.328 e. The second-order valence-corrected chi connectivity index (χ2v) is 4.40. The minimum atomic E-state index is -1.05. The van der Waals surface area contributed by atoms with Crippen LogP contribution >= 0.6 is 0 Å². The number of benzene rings is 1. The van der Waals surface area contributed by atoms with Gasteiger partial charge in [-0.05, 0) is 43.2 Å². The van der Waals surface area contributed by atoms with E-state index in [1.54, 1.807) is 25.1 Å². The van der Waals surface area contributed by atoms with Crippen molar-refractivity contribution in [3.63, 3.8) is 0 Å². The molecule has 0 unspecified atom stereocenters. The number of rotatable bonds is 4. The van der Waals surface area contributed by atoms with Crippen LogP contribution in [0, 0.1) is 13.8 Å². The van der Waals surface area contributed by atoms with Crippen LogP contribution in [-0.4, -0.2) is 27.1 Å². The van der Waals surface area contributed by atoms with Crippen molar-refractivity contribution in [2.45, 2.75) is 13.8 Å². The Morgan fingerprint density at radius 1 is 1.29 bits per heavy atom. The van der Waals surface area contributed by atoms with Gasteiger partial charge in [-0.25, -0.2) is 4.79 Å². The molecule has 2 N–H and O–H groups in total. The van der Waals surface area contributed by atoms with Crippen molar-refractivity contribution < 1.29 is 19.2 Å². The lowest BCUT2D eigenvalue weighted by molar-refractivity contribution is -0.131. The first-order chi connectivity index (χ1) is 9.94. The highest BCUT2D eigenvalue weighted by Gasteiger charge is 2.11. The first-order valence-corrected chi connectivity index (χ1v) is 6.08. The molecule has 0 atom stereocenters. The van der Waals surface area contributed by atoms with Crippen LogP contribution in [0.4, 0.5) is 6.01 Å². The van der Waals surface area contributed by atoms with Crippen LogP contribution in [0.3, 0.4) is 0 Å². The Labute approximate surface area is 120 Å². The molecule has 0 aliphatic heterocycles. The molecule has 1 heterocycles. The van der Waals surface area contributed by atoms with Crippen molar-refractivity contribution in [1.29, 1.82) is 0 Å². The number of hydrogen-bond acceptors (Lipinski definition) is 5. The summed E-state index contributed by atoms with van der Waals surface area (Å²) < 4.78 is 4.81. The second kappa shape index (κ2) is 6.00. The molecule has 1 aromatic heterocycles. The van der Waals surface area contributed by atoms with E-state index in [1.807, 2.05) is 6.92 Å². The molecule has 0 saturated carbocycles. The Balaban J connectivity index is 2.22. The summed E-state index contributed by atoms with van der Waals surface area (Å²) in [6.45, 7) is 3.45. The Hall–Kier alpha value is -2.96. The number of nitrogens with zero attached hydrogens (tertiary/aromatic N) is 2. The fraction of sp³-hybridized carbons (Fsp3) is 0.143. The van der Waals surface area contributed by atoms with Gasteiger partial charge in [-0.3, -0.25) is 10.1 Å². The quantitative estimate of drug-likeness (QED) is 0.833. The second-order valence-electron chi connectivity index (χ2n) is 4.40. The molecular formula is C14H13N3O4. The molecule has 1 amide bonds. The molecular weight excluding hydrogens is 274 g/mol. The third-order valence-electron chi connectivity index (χ3n) is 2.53. The van der Waals surface area contributed by atoms with E-state index < -0.39 is 11.9 Å². The summed E-state index contributed by atoms with van der Waals surface area (Å²) in [5.74, 6) is -1.05. The molecule has 0 fully saturated rings. The van der Waals surface area contributed by atoms with E-state index in [4.69, 9.17) is 9.63 Å². The zero-order chi connectivity index (χ0) is 15.4. The van der Waals surface area contributed by atoms with Crippen LogP contribution < -0.4 is 5.32 Å². The molecule has 0 aliphatic rings. The molecule has 2 rings (SSSR count). The van der Waals surface area contributed by atoms with Crippen molar-refractivity contribution in [1.82, 2.24) is 10.1 Å². The molecule has 0 saturated heterocycles. The summed E-state index contributed by atoms with van der Waals surface area (Å²) in [6, 6.07) is 5.04. The number of hydrogen-bond donors (Lipinski definition) is 2. The lowest BCUT2D eigenvalue weighted by atomic mass is 10.1. The highest BCUT2D eigenvalue weighted by Crippen LogP contribution is 2.13. The van der Waals surface area contributed by atoms with Gasteiger partial charge in [0.15, 0.2) is 5.82 Å². The van der Waals surface area contributed by atoms with Crippen LogP contribution in [0.5, 0.6) is 0 Å². The summed E-state index contributed by atoms with van der Waals surface area (Å²) in [5, 5.41) is 14.7. The molecule has 1 aromatic carbocycles. The third kappa shape index (κ3) is 4.00. The van der Waals surface area contributed by atoms with Gasteiger partial charge in [0.2, 0.25) is 0 Å². The summed E-state index contributed by atoms with van der Waals surface area (Å²) in [7, 11) is 0. The van der Waals surface area contributed by atoms with Crippen molar-refractivity contribution in [3.8, 4) is 0 Å². The fourth-order valence-electron chi connectivity index (χ4n) is 1.72. The van der Waals surface area contributed by atoms with Gasteiger partial charge in [-0.1, -0.05) is 11.2 Å². The molecule has 7 nitrogen and oxygen atoms in total. The van der Waals surface area contributed by atoms with E-state index in [1.165, 1.54) is 6.08 Å². The molecule has 0 aliphatic carbocycles. The van der Waals surface area contributed by atoms with E-state index in [-0.39, 0.29) is 6.01 Å².